The number of aliphatic hydroxyl groups excluding tert-OH is 1. The number of aryl methyl sites for hydroxylation is 1. The van der Waals surface area contributed by atoms with Crippen molar-refractivity contribution in [2.45, 2.75) is 107 Å². The number of urea groups is 1. The minimum atomic E-state index is -1.66. The van der Waals surface area contributed by atoms with Crippen molar-refractivity contribution >= 4 is 41.3 Å². The standard InChI is InChI=1S/C39H48F3N7O8/c1-21-8-10-27(11-9-21)44-39(56)46-28(16-23-14-24(40)17-25(41)15-23)33(50)45-29-20-57-38(55)32-18-26(42)19-49(32)35(52)22(2)43-34(51)30-6-3-4-12-47(30)37(54)31-7-5-13-48(31)36(29)53/h8-11,14-15,17,22,26,28-32,34,43,51H,3-7,12-13,16,18-20H2,1-2H3,(H,45,50)(H2,44,46,56)/t22-,26+,28-,29-,30?,31?,32?,34?/m0/s1. The van der Waals surface area contributed by atoms with Gasteiger partial charge in [0.25, 0.3) is 0 Å². The molecule has 0 radical (unpaired) electrons. The summed E-state index contributed by atoms with van der Waals surface area (Å²) in [5.74, 6) is -5.84. The fourth-order valence-corrected chi connectivity index (χ4v) is 8.02. The van der Waals surface area contributed by atoms with E-state index in [0.29, 0.717) is 37.4 Å². The Hall–Kier alpha value is -5.23. The number of ether oxygens (including phenoxy) is 1. The summed E-state index contributed by atoms with van der Waals surface area (Å²) in [6.45, 7) is 2.46. The van der Waals surface area contributed by atoms with Gasteiger partial charge in [-0.05, 0) is 75.8 Å². The van der Waals surface area contributed by atoms with Crippen molar-refractivity contribution in [1.82, 2.24) is 30.7 Å². The van der Waals surface area contributed by atoms with Crippen molar-refractivity contribution in [3.63, 3.8) is 0 Å². The van der Waals surface area contributed by atoms with Crippen LogP contribution >= 0.6 is 0 Å². The number of rotatable bonds is 6. The molecular weight excluding hydrogens is 751 g/mol. The van der Waals surface area contributed by atoms with Crippen LogP contribution in [0.4, 0.5) is 23.7 Å². The highest BCUT2D eigenvalue weighted by molar-refractivity contribution is 5.97. The number of esters is 1. The first-order valence-electron chi connectivity index (χ1n) is 19.2. The largest absolute Gasteiger partial charge is 0.461 e. The van der Waals surface area contributed by atoms with Gasteiger partial charge in [0.1, 0.15) is 54.8 Å². The molecule has 4 fully saturated rings. The maximum absolute atomic E-state index is 14.8. The Morgan fingerprint density at radius 2 is 1.61 bits per heavy atom. The SMILES string of the molecule is Cc1ccc(NC(=O)N[C@@H](Cc2cc(F)cc(F)c2)C(=O)N[C@H]2COC(=O)C3C[C@@H](F)CN3C(=O)[C@H](C)NC(O)C3CCCCN3C(=O)C3CCCN3C2=O)cc1. The Kier molecular flexibility index (Phi) is 13.0. The zero-order chi connectivity index (χ0) is 41.0. The first-order chi connectivity index (χ1) is 27.2. The van der Waals surface area contributed by atoms with Crippen LogP contribution in [-0.4, -0.2) is 130 Å². The molecule has 0 spiro atoms. The molecule has 6 amide bonds. The fourth-order valence-electron chi connectivity index (χ4n) is 8.02. The molecule has 0 aromatic heterocycles. The number of hydrogen-bond acceptors (Lipinski definition) is 9. The summed E-state index contributed by atoms with van der Waals surface area (Å²) in [5, 5.41) is 21.7. The van der Waals surface area contributed by atoms with Crippen LogP contribution in [-0.2, 0) is 35.1 Å². The van der Waals surface area contributed by atoms with E-state index in [9.17, 15) is 47.0 Å². The van der Waals surface area contributed by atoms with Gasteiger partial charge in [0.15, 0.2) is 0 Å². The maximum atomic E-state index is 14.8. The van der Waals surface area contributed by atoms with Gasteiger partial charge in [-0.15, -0.1) is 0 Å². The van der Waals surface area contributed by atoms with E-state index in [1.165, 1.54) is 16.7 Å². The molecule has 18 heteroatoms. The maximum Gasteiger partial charge on any atom is 0.329 e. The number of hydrogen-bond donors (Lipinski definition) is 5. The fraction of sp³-hybridized carbons (Fsp3) is 0.538. The number of nitrogens with zero attached hydrogens (tertiary/aromatic N) is 3. The summed E-state index contributed by atoms with van der Waals surface area (Å²) >= 11 is 0. The van der Waals surface area contributed by atoms with Crippen LogP contribution in [0.5, 0.6) is 0 Å². The average Bonchev–Trinajstić information content (AvgIpc) is 3.82. The quantitative estimate of drug-likeness (QED) is 0.271. The number of carbonyl (C=O) groups excluding carboxylic acids is 6. The number of anilines is 1. The predicted octanol–water partition coefficient (Wildman–Crippen LogP) is 1.66. The highest BCUT2D eigenvalue weighted by Crippen LogP contribution is 2.28. The molecule has 57 heavy (non-hydrogen) atoms. The number of benzene rings is 2. The van der Waals surface area contributed by atoms with E-state index in [-0.39, 0.29) is 25.1 Å². The first kappa shape index (κ1) is 41.4. The molecule has 0 aliphatic carbocycles. The van der Waals surface area contributed by atoms with Gasteiger partial charge >= 0.3 is 12.0 Å². The normalized spacial score (nSPS) is 27.9. The van der Waals surface area contributed by atoms with E-state index in [0.717, 1.165) is 22.6 Å². The Morgan fingerprint density at radius 1 is 0.912 bits per heavy atom. The van der Waals surface area contributed by atoms with Crippen molar-refractivity contribution in [2.24, 2.45) is 0 Å². The molecule has 4 aliphatic rings. The van der Waals surface area contributed by atoms with Gasteiger partial charge in [0, 0.05) is 37.7 Å². The second kappa shape index (κ2) is 17.9. The van der Waals surface area contributed by atoms with Gasteiger partial charge in [0.05, 0.1) is 18.6 Å². The third kappa shape index (κ3) is 9.84. The molecule has 6 rings (SSSR count). The van der Waals surface area contributed by atoms with E-state index in [4.69, 9.17) is 4.74 Å². The molecule has 2 aromatic rings. The zero-order valence-electron chi connectivity index (χ0n) is 31.7. The van der Waals surface area contributed by atoms with Crippen molar-refractivity contribution in [2.75, 3.05) is 31.6 Å². The molecule has 4 saturated heterocycles. The number of nitrogens with one attached hydrogen (secondary N) is 4. The Bertz CT molecular complexity index is 1830. The van der Waals surface area contributed by atoms with Gasteiger partial charge in [-0.3, -0.25) is 24.5 Å². The number of cyclic esters (lactones) is 1. The van der Waals surface area contributed by atoms with Crippen LogP contribution in [0.1, 0.15) is 56.6 Å². The predicted molar refractivity (Wildman–Crippen MR) is 198 cm³/mol. The number of piperidine rings is 1. The lowest BCUT2D eigenvalue weighted by molar-refractivity contribution is -0.159. The van der Waals surface area contributed by atoms with Crippen LogP contribution in [0.3, 0.4) is 0 Å². The summed E-state index contributed by atoms with van der Waals surface area (Å²) in [6.07, 6.45) is -1.39. The second-order valence-corrected chi connectivity index (χ2v) is 15.1. The molecule has 2 aromatic carbocycles. The average molecular weight is 800 g/mol. The lowest BCUT2D eigenvalue weighted by Crippen LogP contribution is -2.63. The van der Waals surface area contributed by atoms with Crippen molar-refractivity contribution in [1.29, 1.82) is 0 Å². The highest BCUT2D eigenvalue weighted by atomic mass is 19.1. The summed E-state index contributed by atoms with van der Waals surface area (Å²) in [7, 11) is 0. The molecule has 4 aliphatic heterocycles. The molecule has 4 heterocycles. The zero-order valence-corrected chi connectivity index (χ0v) is 31.7. The number of alkyl halides is 1. The smallest absolute Gasteiger partial charge is 0.329 e. The van der Waals surface area contributed by atoms with Gasteiger partial charge in [-0.1, -0.05) is 17.7 Å². The molecule has 15 nitrogen and oxygen atoms in total. The van der Waals surface area contributed by atoms with E-state index < -0.39 is 122 Å². The number of halogens is 3. The third-order valence-corrected chi connectivity index (χ3v) is 10.9. The highest BCUT2D eigenvalue weighted by Gasteiger charge is 2.46. The monoisotopic (exact) mass is 799 g/mol. The summed E-state index contributed by atoms with van der Waals surface area (Å²) in [4.78, 5) is 86.8. The molecular formula is C39H48F3N7O8. The molecule has 4 unspecified atom stereocenters. The Labute approximate surface area is 327 Å². The lowest BCUT2D eigenvalue weighted by Gasteiger charge is -2.42. The van der Waals surface area contributed by atoms with E-state index in [1.807, 2.05) is 6.92 Å². The number of fused-ring (bicyclic) bond motifs is 3. The van der Waals surface area contributed by atoms with Gasteiger partial charge < -0.3 is 40.5 Å². The number of aliphatic hydroxyl groups is 1. The van der Waals surface area contributed by atoms with E-state index in [1.54, 1.807) is 24.3 Å². The lowest BCUT2D eigenvalue weighted by atomic mass is 9.98. The van der Waals surface area contributed by atoms with E-state index in [2.05, 4.69) is 21.3 Å². The van der Waals surface area contributed by atoms with Gasteiger partial charge in [-0.25, -0.2) is 22.8 Å². The summed E-state index contributed by atoms with van der Waals surface area (Å²) < 4.78 is 48.9. The summed E-state index contributed by atoms with van der Waals surface area (Å²) in [5.41, 5.74) is 1.30. The van der Waals surface area contributed by atoms with Crippen LogP contribution in [0.2, 0.25) is 0 Å². The minimum absolute atomic E-state index is 0.00186. The van der Waals surface area contributed by atoms with Crippen molar-refractivity contribution in [3.8, 4) is 0 Å². The molecule has 0 saturated carbocycles. The Balaban J connectivity index is 1.31. The first-order valence-corrected chi connectivity index (χ1v) is 19.2. The van der Waals surface area contributed by atoms with Gasteiger partial charge in [-0.2, -0.15) is 0 Å². The van der Waals surface area contributed by atoms with Crippen LogP contribution in [0.25, 0.3) is 0 Å². The molecule has 308 valence electrons. The second-order valence-electron chi connectivity index (χ2n) is 15.1. The number of amides is 6. The van der Waals surface area contributed by atoms with Crippen LogP contribution in [0, 0.1) is 18.6 Å². The Morgan fingerprint density at radius 3 is 2.33 bits per heavy atom. The van der Waals surface area contributed by atoms with Crippen molar-refractivity contribution < 1.29 is 51.8 Å². The van der Waals surface area contributed by atoms with E-state index >= 15 is 0 Å². The summed E-state index contributed by atoms with van der Waals surface area (Å²) in [6, 6.07) is 1.05. The van der Waals surface area contributed by atoms with Crippen molar-refractivity contribution in [3.05, 3.63) is 65.2 Å². The molecule has 5 N–H and O–H groups in total. The van der Waals surface area contributed by atoms with Crippen LogP contribution < -0.4 is 21.3 Å². The van der Waals surface area contributed by atoms with Gasteiger partial charge in [0.2, 0.25) is 23.6 Å². The third-order valence-electron chi connectivity index (χ3n) is 10.9. The van der Waals surface area contributed by atoms with Crippen LogP contribution in [0.15, 0.2) is 42.5 Å². The molecule has 0 bridgehead atoms. The minimum Gasteiger partial charge on any atom is -0.461 e. The molecule has 8 atom stereocenters. The topological polar surface area (TPSA) is 190 Å². The number of carbonyl (C=O) groups is 6.